The number of hydrogen-bond donors (Lipinski definition) is 3. The first kappa shape index (κ1) is 14.8. The van der Waals surface area contributed by atoms with Gasteiger partial charge in [-0.3, -0.25) is 5.32 Å². The minimum atomic E-state index is -0.600. The molecule has 1 rings (SSSR count). The fourth-order valence-corrected chi connectivity index (χ4v) is 2.26. The smallest absolute Gasteiger partial charge is 0.321 e. The lowest BCUT2D eigenvalue weighted by molar-refractivity contribution is 0.167. The normalized spacial score (nSPS) is 14.0. The average Bonchev–Trinajstić information content (AvgIpc) is 2.76. The van der Waals surface area contributed by atoms with Crippen molar-refractivity contribution < 1.29 is 9.90 Å². The van der Waals surface area contributed by atoms with Gasteiger partial charge < -0.3 is 10.4 Å². The predicted octanol–water partition coefficient (Wildman–Crippen LogP) is 1.77. The minimum absolute atomic E-state index is 0.0927. The number of urea groups is 1. The highest BCUT2D eigenvalue weighted by Gasteiger charge is 2.24. The third kappa shape index (κ3) is 4.23. The van der Waals surface area contributed by atoms with Gasteiger partial charge in [0.25, 0.3) is 0 Å². The zero-order valence-corrected chi connectivity index (χ0v) is 11.8. The number of nitrogens with zero attached hydrogens (tertiary/aromatic N) is 2. The Morgan fingerprint density at radius 1 is 1.44 bits per heavy atom. The van der Waals surface area contributed by atoms with Crippen LogP contribution in [-0.2, 0) is 6.42 Å². The van der Waals surface area contributed by atoms with E-state index in [9.17, 15) is 9.90 Å². The Kier molecular flexibility index (Phi) is 5.49. The quantitative estimate of drug-likeness (QED) is 0.736. The van der Waals surface area contributed by atoms with Crippen LogP contribution in [0.2, 0.25) is 0 Å². The summed E-state index contributed by atoms with van der Waals surface area (Å²) in [6.45, 7) is 5.71. The number of carbonyl (C=O) groups excluding carboxylic acids is 1. The van der Waals surface area contributed by atoms with Crippen molar-refractivity contribution in [2.75, 3.05) is 11.9 Å². The second-order valence-electron chi connectivity index (χ2n) is 4.40. The third-order valence-electron chi connectivity index (χ3n) is 2.56. The summed E-state index contributed by atoms with van der Waals surface area (Å²) in [5, 5.41) is 23.8. The molecule has 0 spiro atoms. The van der Waals surface area contributed by atoms with Gasteiger partial charge in [0, 0.05) is 0 Å². The Balaban J connectivity index is 2.55. The molecule has 0 saturated heterocycles. The van der Waals surface area contributed by atoms with Crippen molar-refractivity contribution in [3.05, 3.63) is 5.01 Å². The van der Waals surface area contributed by atoms with E-state index in [4.69, 9.17) is 0 Å². The molecule has 102 valence electrons. The van der Waals surface area contributed by atoms with E-state index < -0.39 is 5.54 Å². The van der Waals surface area contributed by atoms with Crippen LogP contribution in [0, 0.1) is 0 Å². The van der Waals surface area contributed by atoms with Crippen molar-refractivity contribution in [1.82, 2.24) is 15.5 Å². The lowest BCUT2D eigenvalue weighted by Gasteiger charge is -2.27. The summed E-state index contributed by atoms with van der Waals surface area (Å²) >= 11 is 1.35. The van der Waals surface area contributed by atoms with Crippen LogP contribution in [0.5, 0.6) is 0 Å². The molecule has 0 fully saturated rings. The summed E-state index contributed by atoms with van der Waals surface area (Å²) in [4.78, 5) is 11.8. The molecule has 0 aliphatic carbocycles. The fourth-order valence-electron chi connectivity index (χ4n) is 1.58. The van der Waals surface area contributed by atoms with E-state index in [-0.39, 0.29) is 12.6 Å². The first-order valence-electron chi connectivity index (χ1n) is 6.05. The van der Waals surface area contributed by atoms with Gasteiger partial charge in [-0.25, -0.2) is 4.79 Å². The summed E-state index contributed by atoms with van der Waals surface area (Å²) in [6, 6.07) is -0.362. The highest BCUT2D eigenvalue weighted by Crippen LogP contribution is 2.16. The first-order chi connectivity index (χ1) is 8.53. The van der Waals surface area contributed by atoms with Crippen LogP contribution in [-0.4, -0.2) is 33.5 Å². The van der Waals surface area contributed by atoms with Gasteiger partial charge in [0.2, 0.25) is 5.13 Å². The molecular weight excluding hydrogens is 252 g/mol. The second-order valence-corrected chi connectivity index (χ2v) is 5.46. The monoisotopic (exact) mass is 272 g/mol. The highest BCUT2D eigenvalue weighted by atomic mass is 32.1. The molecule has 0 aromatic carbocycles. The molecule has 1 aromatic heterocycles. The summed E-state index contributed by atoms with van der Waals surface area (Å²) in [5.41, 5.74) is -0.600. The number of carbonyl (C=O) groups is 1. The van der Waals surface area contributed by atoms with Gasteiger partial charge in [-0.2, -0.15) is 0 Å². The lowest BCUT2D eigenvalue weighted by Crippen LogP contribution is -2.50. The summed E-state index contributed by atoms with van der Waals surface area (Å²) in [7, 11) is 0. The Labute approximate surface area is 111 Å². The number of rotatable bonds is 6. The van der Waals surface area contributed by atoms with Crippen molar-refractivity contribution in [3.8, 4) is 0 Å². The first-order valence-corrected chi connectivity index (χ1v) is 6.87. The van der Waals surface area contributed by atoms with Gasteiger partial charge in [0.05, 0.1) is 12.1 Å². The molecule has 1 heterocycles. The minimum Gasteiger partial charge on any atom is -0.394 e. The molecule has 1 aromatic rings. The number of nitrogens with one attached hydrogen (secondary N) is 2. The van der Waals surface area contributed by atoms with Crippen LogP contribution in [0.25, 0.3) is 0 Å². The summed E-state index contributed by atoms with van der Waals surface area (Å²) in [5.74, 6) is 0. The molecule has 0 saturated carbocycles. The van der Waals surface area contributed by atoms with Gasteiger partial charge in [-0.1, -0.05) is 31.6 Å². The van der Waals surface area contributed by atoms with E-state index in [2.05, 4.69) is 20.8 Å². The third-order valence-corrected chi connectivity index (χ3v) is 3.54. The number of hydrogen-bond acceptors (Lipinski definition) is 5. The van der Waals surface area contributed by atoms with E-state index in [0.29, 0.717) is 11.6 Å². The maximum Gasteiger partial charge on any atom is 0.321 e. The Morgan fingerprint density at radius 3 is 2.67 bits per heavy atom. The fraction of sp³-hybridized carbons (Fsp3) is 0.727. The number of aliphatic hydroxyl groups excluding tert-OH is 1. The van der Waals surface area contributed by atoms with Gasteiger partial charge >= 0.3 is 6.03 Å². The lowest BCUT2D eigenvalue weighted by atomic mass is 9.98. The number of anilines is 1. The molecule has 1 unspecified atom stereocenters. The zero-order valence-electron chi connectivity index (χ0n) is 11.0. The van der Waals surface area contributed by atoms with Crippen molar-refractivity contribution in [1.29, 1.82) is 0 Å². The molecular formula is C11H20N4O2S. The Morgan fingerprint density at radius 2 is 2.17 bits per heavy atom. The average molecular weight is 272 g/mol. The van der Waals surface area contributed by atoms with E-state index in [1.165, 1.54) is 11.3 Å². The number of aromatic nitrogens is 2. The number of amides is 2. The molecule has 3 N–H and O–H groups in total. The van der Waals surface area contributed by atoms with E-state index >= 15 is 0 Å². The molecule has 18 heavy (non-hydrogen) atoms. The van der Waals surface area contributed by atoms with Gasteiger partial charge in [0.1, 0.15) is 5.01 Å². The van der Waals surface area contributed by atoms with Gasteiger partial charge in [0.15, 0.2) is 0 Å². The van der Waals surface area contributed by atoms with E-state index in [1.54, 1.807) is 0 Å². The molecule has 6 nitrogen and oxygen atoms in total. The van der Waals surface area contributed by atoms with Gasteiger partial charge in [-0.05, 0) is 19.8 Å². The molecule has 7 heteroatoms. The standard InChI is InChI=1S/C11H20N4O2S/c1-4-6-11(3,7-16)13-9(17)12-10-15-14-8(5-2)18-10/h16H,4-7H2,1-3H3,(H2,12,13,15,17). The number of aryl methyl sites for hydroxylation is 1. The molecule has 0 aliphatic rings. The maximum absolute atomic E-state index is 11.8. The van der Waals surface area contributed by atoms with Crippen molar-refractivity contribution in [2.45, 2.75) is 45.6 Å². The van der Waals surface area contributed by atoms with E-state index in [1.807, 2.05) is 20.8 Å². The van der Waals surface area contributed by atoms with Crippen LogP contribution in [0.4, 0.5) is 9.93 Å². The van der Waals surface area contributed by atoms with Gasteiger partial charge in [-0.15, -0.1) is 10.2 Å². The Hall–Kier alpha value is -1.21. The van der Waals surface area contributed by atoms with Crippen molar-refractivity contribution in [2.24, 2.45) is 0 Å². The van der Waals surface area contributed by atoms with E-state index in [0.717, 1.165) is 17.8 Å². The van der Waals surface area contributed by atoms with Crippen LogP contribution in [0.1, 0.15) is 38.6 Å². The van der Waals surface area contributed by atoms with Crippen LogP contribution in [0.3, 0.4) is 0 Å². The van der Waals surface area contributed by atoms with Crippen LogP contribution >= 0.6 is 11.3 Å². The molecule has 0 radical (unpaired) electrons. The predicted molar refractivity (Wildman–Crippen MR) is 71.8 cm³/mol. The molecule has 2 amide bonds. The molecule has 0 aliphatic heterocycles. The second kappa shape index (κ2) is 6.65. The zero-order chi connectivity index (χ0) is 13.6. The topological polar surface area (TPSA) is 87.1 Å². The van der Waals surface area contributed by atoms with Crippen LogP contribution in [0.15, 0.2) is 0 Å². The van der Waals surface area contributed by atoms with Crippen molar-refractivity contribution in [3.63, 3.8) is 0 Å². The maximum atomic E-state index is 11.8. The Bertz CT molecular complexity index is 396. The van der Waals surface area contributed by atoms with Crippen molar-refractivity contribution >= 4 is 22.5 Å². The molecule has 1 atom stereocenters. The molecule has 0 bridgehead atoms. The largest absolute Gasteiger partial charge is 0.394 e. The summed E-state index contributed by atoms with van der Waals surface area (Å²) < 4.78 is 0. The SMILES string of the molecule is CCCC(C)(CO)NC(=O)Nc1nnc(CC)s1. The summed E-state index contributed by atoms with van der Waals surface area (Å²) in [6.07, 6.45) is 2.40. The van der Waals surface area contributed by atoms with Crippen LogP contribution < -0.4 is 10.6 Å². The highest BCUT2D eigenvalue weighted by molar-refractivity contribution is 7.15. The number of aliphatic hydroxyl groups is 1.